The molecule has 0 radical (unpaired) electrons. The minimum Gasteiger partial charge on any atom is -0.0984 e. The van der Waals surface area contributed by atoms with Crippen LogP contribution in [0.3, 0.4) is 0 Å². The van der Waals surface area contributed by atoms with Gasteiger partial charge in [0.05, 0.1) is 0 Å². The van der Waals surface area contributed by atoms with Gasteiger partial charge in [-0.2, -0.15) is 0 Å². The van der Waals surface area contributed by atoms with Gasteiger partial charge < -0.3 is 0 Å². The van der Waals surface area contributed by atoms with Gasteiger partial charge in [-0.05, 0) is 62.5 Å². The zero-order valence-electron chi connectivity index (χ0n) is 13.3. The lowest BCUT2D eigenvalue weighted by molar-refractivity contribution is 1.44. The fraction of sp³-hybridized carbons (Fsp3) is 0.0909. The van der Waals surface area contributed by atoms with E-state index in [-0.39, 0.29) is 0 Å². The standard InChI is InChI=1S/C22H20/c1-7-17-9-8-10-18-19-12-11-14(4)20(13(2)3)22(19)16(6)15(5)21(17)18/h7-12H,1-2,5-6H2,3-4H3. The van der Waals surface area contributed by atoms with E-state index in [9.17, 15) is 0 Å². The summed E-state index contributed by atoms with van der Waals surface area (Å²) in [6.45, 7) is 20.9. The van der Waals surface area contributed by atoms with E-state index < -0.39 is 0 Å². The molecule has 0 aromatic heterocycles. The third kappa shape index (κ3) is 1.84. The first-order valence-corrected chi connectivity index (χ1v) is 7.41. The summed E-state index contributed by atoms with van der Waals surface area (Å²) in [7, 11) is 0. The van der Waals surface area contributed by atoms with Gasteiger partial charge in [0.25, 0.3) is 0 Å². The van der Waals surface area contributed by atoms with Gasteiger partial charge in [-0.3, -0.25) is 0 Å². The maximum atomic E-state index is 4.32. The van der Waals surface area contributed by atoms with Crippen LogP contribution in [0.15, 0.2) is 43.5 Å². The SMILES string of the molecule is C=Cc1cccc2c1c(=C)c(=C)c1c(C(=C)C)c(C)ccc12. The number of aryl methyl sites for hydroxylation is 1. The van der Waals surface area contributed by atoms with Gasteiger partial charge in [0, 0.05) is 0 Å². The van der Waals surface area contributed by atoms with E-state index >= 15 is 0 Å². The van der Waals surface area contributed by atoms with Crippen molar-refractivity contribution in [1.82, 2.24) is 0 Å². The van der Waals surface area contributed by atoms with Gasteiger partial charge >= 0.3 is 0 Å². The minimum absolute atomic E-state index is 0.978. The van der Waals surface area contributed by atoms with E-state index in [2.05, 4.69) is 63.6 Å². The Morgan fingerprint density at radius 1 is 0.955 bits per heavy atom. The normalized spacial score (nSPS) is 11.0. The summed E-state index contributed by atoms with van der Waals surface area (Å²) < 4.78 is 0. The second kappa shape index (κ2) is 4.99. The number of hydrogen-bond donors (Lipinski definition) is 0. The summed E-state index contributed by atoms with van der Waals surface area (Å²) in [6, 6.07) is 10.6. The molecule has 0 amide bonds. The van der Waals surface area contributed by atoms with Crippen LogP contribution in [0.1, 0.15) is 23.6 Å². The van der Waals surface area contributed by atoms with Gasteiger partial charge in [0.15, 0.2) is 0 Å². The number of rotatable bonds is 2. The molecule has 0 heterocycles. The van der Waals surface area contributed by atoms with E-state index in [4.69, 9.17) is 0 Å². The summed E-state index contributed by atoms with van der Waals surface area (Å²) >= 11 is 0. The molecule has 3 aromatic carbocycles. The average Bonchev–Trinajstić information content (AvgIpc) is 2.51. The van der Waals surface area contributed by atoms with Crippen LogP contribution in [0.2, 0.25) is 0 Å². The first kappa shape index (κ1) is 14.3. The van der Waals surface area contributed by atoms with Crippen LogP contribution in [0.5, 0.6) is 0 Å². The summed E-state index contributed by atoms with van der Waals surface area (Å²) in [5, 5.41) is 6.69. The molecule has 0 unspecified atom stereocenters. The van der Waals surface area contributed by atoms with E-state index in [1.54, 1.807) is 0 Å². The highest BCUT2D eigenvalue weighted by atomic mass is 14.1. The molecule has 0 aliphatic carbocycles. The van der Waals surface area contributed by atoms with Crippen molar-refractivity contribution in [2.45, 2.75) is 13.8 Å². The van der Waals surface area contributed by atoms with Crippen molar-refractivity contribution in [1.29, 1.82) is 0 Å². The number of allylic oxidation sites excluding steroid dienone is 1. The predicted molar refractivity (Wildman–Crippen MR) is 101 cm³/mol. The van der Waals surface area contributed by atoms with Crippen LogP contribution in [0.4, 0.5) is 0 Å². The molecule has 0 aliphatic rings. The molecule has 3 rings (SSSR count). The summed E-state index contributed by atoms with van der Waals surface area (Å²) in [6.07, 6.45) is 1.89. The molecule has 0 heteroatoms. The van der Waals surface area contributed by atoms with Crippen molar-refractivity contribution in [3.05, 3.63) is 70.6 Å². The molecule has 0 aliphatic heterocycles. The monoisotopic (exact) mass is 284 g/mol. The molecule has 0 N–H and O–H groups in total. The average molecular weight is 284 g/mol. The van der Waals surface area contributed by atoms with E-state index in [1.165, 1.54) is 27.3 Å². The molecular formula is C22H20. The highest BCUT2D eigenvalue weighted by Crippen LogP contribution is 2.30. The van der Waals surface area contributed by atoms with Crippen LogP contribution in [0, 0.1) is 6.92 Å². The van der Waals surface area contributed by atoms with Gasteiger partial charge in [-0.25, -0.2) is 0 Å². The first-order valence-electron chi connectivity index (χ1n) is 7.41. The van der Waals surface area contributed by atoms with Gasteiger partial charge in [-0.1, -0.05) is 68.3 Å². The highest BCUT2D eigenvalue weighted by Gasteiger charge is 2.12. The third-order valence-corrected chi connectivity index (χ3v) is 4.42. The van der Waals surface area contributed by atoms with Crippen LogP contribution < -0.4 is 10.4 Å². The van der Waals surface area contributed by atoms with Crippen LogP contribution in [0.25, 0.3) is 46.4 Å². The zero-order valence-corrected chi connectivity index (χ0v) is 13.3. The molecule has 22 heavy (non-hydrogen) atoms. The molecule has 0 saturated heterocycles. The zero-order chi connectivity index (χ0) is 16.0. The Morgan fingerprint density at radius 3 is 2.23 bits per heavy atom. The molecule has 0 nitrogen and oxygen atoms in total. The summed E-state index contributed by atoms with van der Waals surface area (Å²) in [5.41, 5.74) is 4.58. The molecule has 0 fully saturated rings. The molecule has 0 bridgehead atoms. The van der Waals surface area contributed by atoms with Crippen molar-refractivity contribution in [2.24, 2.45) is 0 Å². The fourth-order valence-electron chi connectivity index (χ4n) is 3.40. The van der Waals surface area contributed by atoms with Crippen LogP contribution >= 0.6 is 0 Å². The third-order valence-electron chi connectivity index (χ3n) is 4.42. The first-order chi connectivity index (χ1) is 10.5. The smallest absolute Gasteiger partial charge is 0.00274 e. The van der Waals surface area contributed by atoms with Gasteiger partial charge in [-0.15, -0.1) is 0 Å². The Balaban J connectivity index is 2.76. The Bertz CT molecular complexity index is 1050. The molecule has 108 valence electrons. The fourth-order valence-corrected chi connectivity index (χ4v) is 3.40. The quantitative estimate of drug-likeness (QED) is 0.593. The minimum atomic E-state index is 0.978. The summed E-state index contributed by atoms with van der Waals surface area (Å²) in [4.78, 5) is 0. The molecule has 0 atom stereocenters. The Morgan fingerprint density at radius 2 is 1.59 bits per heavy atom. The van der Waals surface area contributed by atoms with Crippen molar-refractivity contribution < 1.29 is 0 Å². The van der Waals surface area contributed by atoms with Crippen LogP contribution in [-0.2, 0) is 0 Å². The maximum Gasteiger partial charge on any atom is -0.00274 e. The molecular weight excluding hydrogens is 264 g/mol. The highest BCUT2D eigenvalue weighted by molar-refractivity contribution is 6.13. The second-order valence-corrected chi connectivity index (χ2v) is 5.89. The predicted octanol–water partition coefficient (Wildman–Crippen LogP) is 4.80. The largest absolute Gasteiger partial charge is 0.0984 e. The summed E-state index contributed by atoms with van der Waals surface area (Å²) in [5.74, 6) is 0. The van der Waals surface area contributed by atoms with Crippen molar-refractivity contribution in [2.75, 3.05) is 0 Å². The lowest BCUT2D eigenvalue weighted by Gasteiger charge is -2.15. The van der Waals surface area contributed by atoms with Crippen molar-refractivity contribution in [3.63, 3.8) is 0 Å². The molecule has 3 aromatic rings. The van der Waals surface area contributed by atoms with Crippen molar-refractivity contribution >= 4 is 46.4 Å². The topological polar surface area (TPSA) is 0 Å². The van der Waals surface area contributed by atoms with E-state index in [0.29, 0.717) is 0 Å². The Hall–Kier alpha value is -2.60. The van der Waals surface area contributed by atoms with E-state index in [1.807, 2.05) is 13.0 Å². The molecule has 0 spiro atoms. The maximum absolute atomic E-state index is 4.32. The van der Waals surface area contributed by atoms with Crippen LogP contribution in [-0.4, -0.2) is 0 Å². The Kier molecular flexibility index (Phi) is 3.26. The van der Waals surface area contributed by atoms with Crippen molar-refractivity contribution in [3.8, 4) is 0 Å². The second-order valence-electron chi connectivity index (χ2n) is 5.89. The van der Waals surface area contributed by atoms with E-state index in [0.717, 1.165) is 27.0 Å². The lowest BCUT2D eigenvalue weighted by Crippen LogP contribution is -2.25. The van der Waals surface area contributed by atoms with Gasteiger partial charge in [0.2, 0.25) is 0 Å². The number of fused-ring (bicyclic) bond motifs is 3. The lowest BCUT2D eigenvalue weighted by atomic mass is 9.89. The number of benzene rings is 3. The Labute approximate surface area is 131 Å². The molecule has 0 saturated carbocycles. The van der Waals surface area contributed by atoms with Gasteiger partial charge in [0.1, 0.15) is 0 Å². The number of hydrogen-bond acceptors (Lipinski definition) is 0.